The number of carbonyl (C=O) groups is 2. The Morgan fingerprint density at radius 3 is 2.43 bits per heavy atom. The lowest BCUT2D eigenvalue weighted by Crippen LogP contribution is -2.30. The van der Waals surface area contributed by atoms with E-state index in [9.17, 15) is 14.0 Å². The van der Waals surface area contributed by atoms with Crippen LogP contribution in [0.4, 0.5) is 10.1 Å². The van der Waals surface area contributed by atoms with E-state index < -0.39 is 17.8 Å². The van der Waals surface area contributed by atoms with Crippen molar-refractivity contribution in [1.82, 2.24) is 0 Å². The maximum atomic E-state index is 12.5. The van der Waals surface area contributed by atoms with Gasteiger partial charge in [-0.05, 0) is 24.3 Å². The minimum atomic E-state index is -1.31. The highest BCUT2D eigenvalue weighted by atomic mass is 19.1. The molecule has 1 atom stereocenters. The molecule has 74 valence electrons. The zero-order chi connectivity index (χ0) is 10.6. The molecule has 2 N–H and O–H groups in total. The van der Waals surface area contributed by atoms with E-state index in [-0.39, 0.29) is 6.29 Å². The Labute approximate surface area is 79.4 Å². The highest BCUT2D eigenvalue weighted by molar-refractivity contribution is 5.94. The SMILES string of the molecule is O=CC(Nc1ccc(F)cc1)C(=O)O. The summed E-state index contributed by atoms with van der Waals surface area (Å²) in [6.45, 7) is 0. The molecular weight excluding hydrogens is 189 g/mol. The van der Waals surface area contributed by atoms with Crippen molar-refractivity contribution in [3.8, 4) is 0 Å². The summed E-state index contributed by atoms with van der Waals surface area (Å²) in [7, 11) is 0. The maximum Gasteiger partial charge on any atom is 0.333 e. The van der Waals surface area contributed by atoms with Crippen LogP contribution in [0.25, 0.3) is 0 Å². The van der Waals surface area contributed by atoms with Gasteiger partial charge >= 0.3 is 5.97 Å². The molecule has 5 heteroatoms. The van der Waals surface area contributed by atoms with Crippen LogP contribution < -0.4 is 5.32 Å². The monoisotopic (exact) mass is 197 g/mol. The van der Waals surface area contributed by atoms with Crippen molar-refractivity contribution in [2.45, 2.75) is 6.04 Å². The summed E-state index contributed by atoms with van der Waals surface area (Å²) in [6, 6.07) is 3.75. The first-order valence-electron chi connectivity index (χ1n) is 3.83. The van der Waals surface area contributed by atoms with Gasteiger partial charge in [0, 0.05) is 5.69 Å². The van der Waals surface area contributed by atoms with Crippen LogP contribution in [0.5, 0.6) is 0 Å². The van der Waals surface area contributed by atoms with Crippen molar-refractivity contribution in [1.29, 1.82) is 0 Å². The van der Waals surface area contributed by atoms with Crippen molar-refractivity contribution in [3.05, 3.63) is 30.1 Å². The molecular formula is C9H8FNO3. The number of aldehydes is 1. The Bertz CT molecular complexity index is 336. The zero-order valence-electron chi connectivity index (χ0n) is 7.11. The Morgan fingerprint density at radius 1 is 1.43 bits per heavy atom. The van der Waals surface area contributed by atoms with E-state index in [2.05, 4.69) is 5.32 Å². The predicted octanol–water partition coefficient (Wildman–Crippen LogP) is 0.890. The van der Waals surface area contributed by atoms with Gasteiger partial charge in [-0.15, -0.1) is 0 Å². The first-order chi connectivity index (χ1) is 6.63. The van der Waals surface area contributed by atoms with Crippen molar-refractivity contribution in [2.75, 3.05) is 5.32 Å². The van der Waals surface area contributed by atoms with Gasteiger partial charge in [-0.2, -0.15) is 0 Å². The van der Waals surface area contributed by atoms with Crippen LogP contribution in [0, 0.1) is 5.82 Å². The summed E-state index contributed by atoms with van der Waals surface area (Å²) in [5.74, 6) is -1.70. The Hall–Kier alpha value is -1.91. The van der Waals surface area contributed by atoms with E-state index in [4.69, 9.17) is 5.11 Å². The molecule has 1 aromatic rings. The van der Waals surface area contributed by atoms with Crippen LogP contribution in [-0.4, -0.2) is 23.4 Å². The molecule has 0 bridgehead atoms. The molecule has 1 aromatic carbocycles. The molecule has 0 radical (unpaired) electrons. The average Bonchev–Trinajstić information content (AvgIpc) is 2.16. The molecule has 14 heavy (non-hydrogen) atoms. The molecule has 0 saturated heterocycles. The number of carboxylic acid groups (broad SMARTS) is 1. The summed E-state index contributed by atoms with van der Waals surface area (Å²) >= 11 is 0. The van der Waals surface area contributed by atoms with Crippen LogP contribution in [0.3, 0.4) is 0 Å². The largest absolute Gasteiger partial charge is 0.479 e. The fraction of sp³-hybridized carbons (Fsp3) is 0.111. The molecule has 0 heterocycles. The van der Waals surface area contributed by atoms with E-state index >= 15 is 0 Å². The minimum absolute atomic E-state index is 0.270. The molecule has 0 aliphatic carbocycles. The van der Waals surface area contributed by atoms with Gasteiger partial charge in [-0.25, -0.2) is 9.18 Å². The third-order valence-electron chi connectivity index (χ3n) is 1.57. The molecule has 0 spiro atoms. The van der Waals surface area contributed by atoms with Crippen LogP contribution in [0.15, 0.2) is 24.3 Å². The quantitative estimate of drug-likeness (QED) is 0.555. The molecule has 4 nitrogen and oxygen atoms in total. The van der Waals surface area contributed by atoms with E-state index in [0.717, 1.165) is 0 Å². The van der Waals surface area contributed by atoms with Gasteiger partial charge in [0.15, 0.2) is 12.3 Å². The van der Waals surface area contributed by atoms with E-state index in [1.807, 2.05) is 0 Å². The van der Waals surface area contributed by atoms with E-state index in [1.54, 1.807) is 0 Å². The molecule has 0 aromatic heterocycles. The number of benzene rings is 1. The molecule has 1 rings (SSSR count). The predicted molar refractivity (Wildman–Crippen MR) is 47.5 cm³/mol. The summed E-state index contributed by atoms with van der Waals surface area (Å²) in [5, 5.41) is 10.9. The van der Waals surface area contributed by atoms with Gasteiger partial charge < -0.3 is 15.2 Å². The topological polar surface area (TPSA) is 66.4 Å². The Kier molecular flexibility index (Phi) is 3.17. The molecule has 0 fully saturated rings. The van der Waals surface area contributed by atoms with Gasteiger partial charge in [-0.3, -0.25) is 0 Å². The number of carboxylic acids is 1. The number of hydrogen-bond acceptors (Lipinski definition) is 3. The lowest BCUT2D eigenvalue weighted by molar-refractivity contribution is -0.139. The third-order valence-corrected chi connectivity index (χ3v) is 1.57. The maximum absolute atomic E-state index is 12.5. The fourth-order valence-electron chi connectivity index (χ4n) is 0.880. The summed E-state index contributed by atoms with van der Waals surface area (Å²) in [4.78, 5) is 20.7. The normalized spacial score (nSPS) is 11.8. The van der Waals surface area contributed by atoms with E-state index in [0.29, 0.717) is 5.69 Å². The van der Waals surface area contributed by atoms with Crippen LogP contribution in [0.1, 0.15) is 0 Å². The Balaban J connectivity index is 2.72. The van der Waals surface area contributed by atoms with E-state index in [1.165, 1.54) is 24.3 Å². The number of halogens is 1. The second-order valence-electron chi connectivity index (χ2n) is 2.60. The number of hydrogen-bond donors (Lipinski definition) is 2. The summed E-state index contributed by atoms with van der Waals surface area (Å²) < 4.78 is 12.5. The summed E-state index contributed by atoms with van der Waals surface area (Å²) in [6.07, 6.45) is 0.270. The van der Waals surface area contributed by atoms with Gasteiger partial charge in [-0.1, -0.05) is 0 Å². The second-order valence-corrected chi connectivity index (χ2v) is 2.60. The smallest absolute Gasteiger partial charge is 0.333 e. The third kappa shape index (κ3) is 2.55. The standard InChI is InChI=1S/C9H8FNO3/c10-6-1-3-7(4-2-6)11-8(5-12)9(13)14/h1-5,8,11H,(H,13,14). The molecule has 0 amide bonds. The van der Waals surface area contributed by atoms with Gasteiger partial charge in [0.1, 0.15) is 5.82 Å². The van der Waals surface area contributed by atoms with Crippen LogP contribution >= 0.6 is 0 Å². The lowest BCUT2D eigenvalue weighted by Gasteiger charge is -2.08. The lowest BCUT2D eigenvalue weighted by atomic mass is 10.2. The van der Waals surface area contributed by atoms with Crippen LogP contribution in [-0.2, 0) is 9.59 Å². The molecule has 0 saturated carbocycles. The number of anilines is 1. The Morgan fingerprint density at radius 2 is 2.00 bits per heavy atom. The number of nitrogens with one attached hydrogen (secondary N) is 1. The average molecular weight is 197 g/mol. The first kappa shape index (κ1) is 10.2. The zero-order valence-corrected chi connectivity index (χ0v) is 7.11. The fourth-order valence-corrected chi connectivity index (χ4v) is 0.880. The van der Waals surface area contributed by atoms with Gasteiger partial charge in [0.05, 0.1) is 0 Å². The van der Waals surface area contributed by atoms with Gasteiger partial charge in [0.2, 0.25) is 0 Å². The van der Waals surface area contributed by atoms with Crippen molar-refractivity contribution in [3.63, 3.8) is 0 Å². The number of carbonyl (C=O) groups excluding carboxylic acids is 1. The van der Waals surface area contributed by atoms with Crippen LogP contribution in [0.2, 0.25) is 0 Å². The van der Waals surface area contributed by atoms with Crippen molar-refractivity contribution < 1.29 is 19.1 Å². The molecule has 1 unspecified atom stereocenters. The van der Waals surface area contributed by atoms with Gasteiger partial charge in [0.25, 0.3) is 0 Å². The highest BCUT2D eigenvalue weighted by Gasteiger charge is 2.15. The molecule has 0 aliphatic heterocycles. The molecule has 0 aliphatic rings. The second kappa shape index (κ2) is 4.36. The van der Waals surface area contributed by atoms with Crippen molar-refractivity contribution in [2.24, 2.45) is 0 Å². The highest BCUT2D eigenvalue weighted by Crippen LogP contribution is 2.09. The van der Waals surface area contributed by atoms with Crippen molar-refractivity contribution >= 4 is 17.9 Å². The number of aliphatic carboxylic acids is 1. The first-order valence-corrected chi connectivity index (χ1v) is 3.83. The minimum Gasteiger partial charge on any atom is -0.479 e. The number of rotatable bonds is 4. The summed E-state index contributed by atoms with van der Waals surface area (Å²) in [5.41, 5.74) is 0.380.